The lowest BCUT2D eigenvalue weighted by Crippen LogP contribution is -2.40. The molecule has 0 aliphatic heterocycles. The van der Waals surface area contributed by atoms with Gasteiger partial charge in [-0.25, -0.2) is 0 Å². The number of carbonyl (C=O) groups excluding carboxylic acids is 1. The van der Waals surface area contributed by atoms with Crippen LogP contribution < -0.4 is 0 Å². The van der Waals surface area contributed by atoms with Crippen LogP contribution in [-0.4, -0.2) is 35.5 Å². The topological polar surface area (TPSA) is 57.6 Å². The molecule has 6 heteroatoms. The summed E-state index contributed by atoms with van der Waals surface area (Å²) in [7, 11) is 1.62. The summed E-state index contributed by atoms with van der Waals surface area (Å²) in [6, 6.07) is 5.18. The second-order valence-electron chi connectivity index (χ2n) is 5.60. The molecule has 114 valence electrons. The van der Waals surface area contributed by atoms with Gasteiger partial charge in [-0.05, 0) is 25.0 Å². The molecule has 1 aliphatic rings. The van der Waals surface area contributed by atoms with Gasteiger partial charge in [0.05, 0.1) is 11.3 Å². The summed E-state index contributed by atoms with van der Waals surface area (Å²) in [6.07, 6.45) is 1.36. The van der Waals surface area contributed by atoms with E-state index >= 15 is 0 Å². The van der Waals surface area contributed by atoms with Crippen molar-refractivity contribution in [1.82, 2.24) is 4.90 Å². The highest BCUT2D eigenvalue weighted by atomic mass is 35.5. The molecule has 1 unspecified atom stereocenters. The Balaban J connectivity index is 2.24. The van der Waals surface area contributed by atoms with E-state index in [1.807, 2.05) is 0 Å². The van der Waals surface area contributed by atoms with Gasteiger partial charge in [-0.3, -0.25) is 9.59 Å². The average Bonchev–Trinajstić information content (AvgIpc) is 3.18. The van der Waals surface area contributed by atoms with Crippen LogP contribution in [0.15, 0.2) is 18.2 Å². The Bertz CT molecular complexity index is 564. The fourth-order valence-corrected chi connectivity index (χ4v) is 3.35. The van der Waals surface area contributed by atoms with Crippen molar-refractivity contribution in [3.63, 3.8) is 0 Å². The molecule has 0 bridgehead atoms. The third-order valence-corrected chi connectivity index (χ3v) is 4.55. The molecular formula is C15H17Cl2NO3. The molecule has 1 aliphatic carbocycles. The predicted molar refractivity (Wildman–Crippen MR) is 81.8 cm³/mol. The summed E-state index contributed by atoms with van der Waals surface area (Å²) in [5, 5.41) is 9.92. The van der Waals surface area contributed by atoms with E-state index in [0.717, 1.165) is 0 Å². The number of hydrogen-bond donors (Lipinski definition) is 1. The SMILES string of the molecule is CC(CN(C)C(=O)C1(c2c(Cl)cccc2Cl)CC1)C(=O)O. The number of likely N-dealkylation sites (N-methyl/N-ethyl adjacent to an activating group) is 1. The highest BCUT2D eigenvalue weighted by Crippen LogP contribution is 2.53. The largest absolute Gasteiger partial charge is 0.481 e. The number of benzene rings is 1. The van der Waals surface area contributed by atoms with Gasteiger partial charge in [0, 0.05) is 29.2 Å². The number of rotatable bonds is 5. The molecule has 0 aromatic heterocycles. The van der Waals surface area contributed by atoms with E-state index in [-0.39, 0.29) is 12.5 Å². The predicted octanol–water partition coefficient (Wildman–Crippen LogP) is 3.20. The quantitative estimate of drug-likeness (QED) is 0.902. The Morgan fingerprint density at radius 1 is 1.33 bits per heavy atom. The van der Waals surface area contributed by atoms with Crippen LogP contribution in [0.1, 0.15) is 25.3 Å². The van der Waals surface area contributed by atoms with Gasteiger partial charge in [-0.2, -0.15) is 0 Å². The van der Waals surface area contributed by atoms with Crippen molar-refractivity contribution in [2.75, 3.05) is 13.6 Å². The summed E-state index contributed by atoms with van der Waals surface area (Å²) >= 11 is 12.4. The number of carboxylic acid groups (broad SMARTS) is 1. The maximum atomic E-state index is 12.7. The molecule has 1 aromatic carbocycles. The Morgan fingerprint density at radius 3 is 2.29 bits per heavy atom. The van der Waals surface area contributed by atoms with Crippen LogP contribution in [0.3, 0.4) is 0 Å². The first-order chi connectivity index (χ1) is 9.79. The Kier molecular flexibility index (Phi) is 4.49. The van der Waals surface area contributed by atoms with Crippen LogP contribution in [0.4, 0.5) is 0 Å². The van der Waals surface area contributed by atoms with Crippen LogP contribution in [0, 0.1) is 5.92 Å². The van der Waals surface area contributed by atoms with Gasteiger partial charge in [-0.15, -0.1) is 0 Å². The number of aliphatic carboxylic acids is 1. The first-order valence-electron chi connectivity index (χ1n) is 6.72. The molecule has 0 saturated heterocycles. The van der Waals surface area contributed by atoms with E-state index in [1.54, 1.807) is 32.2 Å². The van der Waals surface area contributed by atoms with Crippen molar-refractivity contribution in [2.24, 2.45) is 5.92 Å². The molecule has 0 spiro atoms. The van der Waals surface area contributed by atoms with Crippen LogP contribution in [-0.2, 0) is 15.0 Å². The van der Waals surface area contributed by atoms with Crippen molar-refractivity contribution in [1.29, 1.82) is 0 Å². The minimum absolute atomic E-state index is 0.120. The standard InChI is InChI=1S/C15H17Cl2NO3/c1-9(13(19)20)8-18(2)14(21)15(6-7-15)12-10(16)4-3-5-11(12)17/h3-5,9H,6-8H2,1-2H3,(H,19,20). The van der Waals surface area contributed by atoms with Crippen molar-refractivity contribution < 1.29 is 14.7 Å². The van der Waals surface area contributed by atoms with Crippen LogP contribution >= 0.6 is 23.2 Å². The van der Waals surface area contributed by atoms with Gasteiger partial charge in [0.15, 0.2) is 0 Å². The van der Waals surface area contributed by atoms with E-state index in [1.165, 1.54) is 4.90 Å². The lowest BCUT2D eigenvalue weighted by molar-refractivity contribution is -0.143. The molecule has 1 atom stereocenters. The number of halogens is 2. The van der Waals surface area contributed by atoms with Crippen molar-refractivity contribution >= 4 is 35.1 Å². The maximum Gasteiger partial charge on any atom is 0.308 e. The average molecular weight is 330 g/mol. The Morgan fingerprint density at radius 2 is 1.86 bits per heavy atom. The fourth-order valence-electron chi connectivity index (χ4n) is 2.59. The number of nitrogens with zero attached hydrogens (tertiary/aromatic N) is 1. The third kappa shape index (κ3) is 3.01. The monoisotopic (exact) mass is 329 g/mol. The first kappa shape index (κ1) is 16.1. The molecule has 0 heterocycles. The summed E-state index contributed by atoms with van der Waals surface area (Å²) in [5.74, 6) is -1.66. The second-order valence-corrected chi connectivity index (χ2v) is 6.42. The first-order valence-corrected chi connectivity index (χ1v) is 7.48. The minimum atomic E-state index is -0.921. The molecule has 1 aromatic rings. The minimum Gasteiger partial charge on any atom is -0.481 e. The van der Waals surface area contributed by atoms with Crippen molar-refractivity contribution in [2.45, 2.75) is 25.2 Å². The number of carboxylic acids is 1. The van der Waals surface area contributed by atoms with Crippen molar-refractivity contribution in [3.8, 4) is 0 Å². The zero-order valence-electron chi connectivity index (χ0n) is 11.9. The van der Waals surface area contributed by atoms with E-state index in [2.05, 4.69) is 0 Å². The molecule has 4 nitrogen and oxygen atoms in total. The van der Waals surface area contributed by atoms with Crippen LogP contribution in [0.2, 0.25) is 10.0 Å². The number of hydrogen-bond acceptors (Lipinski definition) is 2. The van der Waals surface area contributed by atoms with Crippen LogP contribution in [0.25, 0.3) is 0 Å². The molecule has 1 saturated carbocycles. The normalized spacial score (nSPS) is 17.1. The lowest BCUT2D eigenvalue weighted by Gasteiger charge is -2.26. The number of carbonyl (C=O) groups is 2. The summed E-state index contributed by atoms with van der Waals surface area (Å²) < 4.78 is 0. The number of amides is 1. The molecule has 1 amide bonds. The third-order valence-electron chi connectivity index (χ3n) is 3.92. The Hall–Kier alpha value is -1.26. The summed E-state index contributed by atoms with van der Waals surface area (Å²) in [5.41, 5.74) is -0.0317. The van der Waals surface area contributed by atoms with E-state index in [4.69, 9.17) is 28.3 Å². The summed E-state index contributed by atoms with van der Waals surface area (Å²) in [6.45, 7) is 1.74. The molecular weight excluding hydrogens is 313 g/mol. The highest BCUT2D eigenvalue weighted by molar-refractivity contribution is 6.36. The zero-order chi connectivity index (χ0) is 15.8. The van der Waals surface area contributed by atoms with Crippen molar-refractivity contribution in [3.05, 3.63) is 33.8 Å². The van der Waals surface area contributed by atoms with Gasteiger partial charge in [0.1, 0.15) is 0 Å². The van der Waals surface area contributed by atoms with Gasteiger partial charge in [-0.1, -0.05) is 36.2 Å². The van der Waals surface area contributed by atoms with E-state index < -0.39 is 17.3 Å². The van der Waals surface area contributed by atoms with Gasteiger partial charge >= 0.3 is 5.97 Å². The van der Waals surface area contributed by atoms with E-state index in [0.29, 0.717) is 28.5 Å². The van der Waals surface area contributed by atoms with Gasteiger partial charge < -0.3 is 10.0 Å². The van der Waals surface area contributed by atoms with Gasteiger partial charge in [0.25, 0.3) is 0 Å². The smallest absolute Gasteiger partial charge is 0.308 e. The maximum absolute atomic E-state index is 12.7. The van der Waals surface area contributed by atoms with E-state index in [9.17, 15) is 9.59 Å². The lowest BCUT2D eigenvalue weighted by atomic mass is 9.93. The molecule has 0 radical (unpaired) electrons. The molecule has 21 heavy (non-hydrogen) atoms. The molecule has 1 fully saturated rings. The zero-order valence-corrected chi connectivity index (χ0v) is 13.4. The second kappa shape index (κ2) is 5.85. The molecule has 1 N–H and O–H groups in total. The Labute approximate surface area is 133 Å². The fraction of sp³-hybridized carbons (Fsp3) is 0.467. The molecule has 2 rings (SSSR count). The highest BCUT2D eigenvalue weighted by Gasteiger charge is 2.54. The van der Waals surface area contributed by atoms with Gasteiger partial charge in [0.2, 0.25) is 5.91 Å². The summed E-state index contributed by atoms with van der Waals surface area (Å²) in [4.78, 5) is 25.1. The van der Waals surface area contributed by atoms with Crippen LogP contribution in [0.5, 0.6) is 0 Å².